The maximum atomic E-state index is 13.3. The number of carbonyl (C=O) groups is 3. The Morgan fingerprint density at radius 3 is 2.35 bits per heavy atom. The first-order valence-corrected chi connectivity index (χ1v) is 9.63. The zero-order valence-corrected chi connectivity index (χ0v) is 16.7. The van der Waals surface area contributed by atoms with Crippen LogP contribution >= 0.6 is 0 Å². The van der Waals surface area contributed by atoms with Gasteiger partial charge in [0.25, 0.3) is 5.91 Å². The van der Waals surface area contributed by atoms with E-state index >= 15 is 0 Å². The van der Waals surface area contributed by atoms with E-state index in [4.69, 9.17) is 4.74 Å². The fraction of sp³-hybridized carbons (Fsp3) is 0.125. The highest BCUT2D eigenvalue weighted by Gasteiger charge is 2.51. The van der Waals surface area contributed by atoms with Gasteiger partial charge in [-0.3, -0.25) is 14.5 Å². The molecule has 7 heteroatoms. The Balaban J connectivity index is 1.64. The average molecular weight is 416 g/mol. The summed E-state index contributed by atoms with van der Waals surface area (Å²) in [6.45, 7) is -0.333. The molecule has 1 aliphatic rings. The second-order valence-corrected chi connectivity index (χ2v) is 7.07. The van der Waals surface area contributed by atoms with Gasteiger partial charge >= 0.3 is 5.97 Å². The molecule has 0 aromatic heterocycles. The van der Waals surface area contributed by atoms with Crippen molar-refractivity contribution in [2.45, 2.75) is 5.60 Å². The third kappa shape index (κ3) is 3.45. The fourth-order valence-corrected chi connectivity index (χ4v) is 3.76. The number of hydrogen-bond acceptors (Lipinski definition) is 5. The number of ether oxygens (including phenoxy) is 1. The summed E-state index contributed by atoms with van der Waals surface area (Å²) < 4.78 is 4.74. The number of amides is 2. The molecule has 0 fully saturated rings. The largest absolute Gasteiger partial charge is 0.465 e. The minimum absolute atomic E-state index is 0.201. The van der Waals surface area contributed by atoms with Crippen LogP contribution in [-0.4, -0.2) is 36.5 Å². The highest BCUT2D eigenvalue weighted by atomic mass is 16.5. The van der Waals surface area contributed by atoms with E-state index in [1.165, 1.54) is 18.1 Å². The van der Waals surface area contributed by atoms with E-state index in [0.717, 1.165) is 0 Å². The zero-order valence-electron chi connectivity index (χ0n) is 16.7. The van der Waals surface area contributed by atoms with Gasteiger partial charge in [0.1, 0.15) is 6.54 Å². The van der Waals surface area contributed by atoms with Gasteiger partial charge in [-0.25, -0.2) is 4.79 Å². The Hall–Kier alpha value is -3.97. The summed E-state index contributed by atoms with van der Waals surface area (Å²) in [6, 6.07) is 21.9. The van der Waals surface area contributed by atoms with Crippen LogP contribution in [-0.2, 0) is 19.9 Å². The quantitative estimate of drug-likeness (QED) is 0.624. The lowest BCUT2D eigenvalue weighted by Gasteiger charge is -2.23. The number of carbonyl (C=O) groups excluding carboxylic acids is 3. The van der Waals surface area contributed by atoms with Gasteiger partial charge in [-0.2, -0.15) is 0 Å². The van der Waals surface area contributed by atoms with Crippen LogP contribution < -0.4 is 10.2 Å². The maximum absolute atomic E-state index is 13.3. The van der Waals surface area contributed by atoms with Crippen LogP contribution in [0.4, 0.5) is 11.4 Å². The number of rotatable bonds is 5. The van der Waals surface area contributed by atoms with Crippen LogP contribution in [0.15, 0.2) is 78.9 Å². The molecule has 31 heavy (non-hydrogen) atoms. The lowest BCUT2D eigenvalue weighted by Crippen LogP contribution is -2.44. The van der Waals surface area contributed by atoms with Crippen molar-refractivity contribution < 1.29 is 24.2 Å². The molecule has 3 aromatic rings. The number of methoxy groups -OCH3 is 1. The number of hydrogen-bond donors (Lipinski definition) is 2. The van der Waals surface area contributed by atoms with Gasteiger partial charge < -0.3 is 15.2 Å². The van der Waals surface area contributed by atoms with Gasteiger partial charge in [-0.05, 0) is 23.8 Å². The van der Waals surface area contributed by atoms with Crippen molar-refractivity contribution >= 4 is 29.2 Å². The molecule has 0 spiro atoms. The van der Waals surface area contributed by atoms with Crippen LogP contribution in [0.25, 0.3) is 0 Å². The summed E-state index contributed by atoms with van der Waals surface area (Å²) in [5.74, 6) is -1.72. The molecule has 2 amide bonds. The van der Waals surface area contributed by atoms with Crippen LogP contribution in [0.2, 0.25) is 0 Å². The Bertz CT molecular complexity index is 1160. The molecule has 0 aliphatic carbocycles. The highest BCUT2D eigenvalue weighted by molar-refractivity contribution is 6.13. The molecule has 0 bridgehead atoms. The van der Waals surface area contributed by atoms with Crippen LogP contribution in [0.1, 0.15) is 21.5 Å². The molecule has 4 rings (SSSR count). The van der Waals surface area contributed by atoms with Gasteiger partial charge in [0.2, 0.25) is 5.91 Å². The summed E-state index contributed by atoms with van der Waals surface area (Å²) >= 11 is 0. The zero-order chi connectivity index (χ0) is 22.0. The molecule has 7 nitrogen and oxygen atoms in total. The highest BCUT2D eigenvalue weighted by Crippen LogP contribution is 2.44. The van der Waals surface area contributed by atoms with Crippen LogP contribution in [0, 0.1) is 0 Å². The Kier molecular flexibility index (Phi) is 5.27. The summed E-state index contributed by atoms with van der Waals surface area (Å²) in [6.07, 6.45) is 0. The molecule has 3 aromatic carbocycles. The number of nitrogens with one attached hydrogen (secondary N) is 1. The summed E-state index contributed by atoms with van der Waals surface area (Å²) in [4.78, 5) is 39.3. The van der Waals surface area contributed by atoms with Crippen molar-refractivity contribution in [1.82, 2.24) is 0 Å². The first kappa shape index (κ1) is 20.3. The van der Waals surface area contributed by atoms with Crippen molar-refractivity contribution in [2.24, 2.45) is 0 Å². The van der Waals surface area contributed by atoms with Crippen molar-refractivity contribution in [3.63, 3.8) is 0 Å². The molecule has 0 radical (unpaired) electrons. The number of benzene rings is 3. The van der Waals surface area contributed by atoms with E-state index < -0.39 is 23.4 Å². The smallest absolute Gasteiger partial charge is 0.339 e. The Morgan fingerprint density at radius 1 is 0.968 bits per heavy atom. The van der Waals surface area contributed by atoms with Gasteiger partial charge in [-0.15, -0.1) is 0 Å². The number of nitrogens with zero attached hydrogens (tertiary/aromatic N) is 1. The molecule has 1 aliphatic heterocycles. The van der Waals surface area contributed by atoms with Crippen molar-refractivity contribution in [2.75, 3.05) is 23.9 Å². The molecule has 0 saturated heterocycles. The first-order valence-electron chi connectivity index (χ1n) is 9.63. The maximum Gasteiger partial charge on any atom is 0.339 e. The normalized spacial score (nSPS) is 17.2. The van der Waals surface area contributed by atoms with E-state index in [-0.39, 0.29) is 17.8 Å². The monoisotopic (exact) mass is 416 g/mol. The van der Waals surface area contributed by atoms with E-state index in [2.05, 4.69) is 5.32 Å². The third-order valence-corrected chi connectivity index (χ3v) is 5.24. The van der Waals surface area contributed by atoms with Crippen LogP contribution in [0.5, 0.6) is 0 Å². The molecule has 1 atom stereocenters. The van der Waals surface area contributed by atoms with Gasteiger partial charge in [0, 0.05) is 5.56 Å². The molecular formula is C24H20N2O5. The van der Waals surface area contributed by atoms with Crippen molar-refractivity contribution in [3.8, 4) is 0 Å². The fourth-order valence-electron chi connectivity index (χ4n) is 3.76. The summed E-state index contributed by atoms with van der Waals surface area (Å²) in [7, 11) is 1.26. The van der Waals surface area contributed by atoms with Crippen molar-refractivity contribution in [1.29, 1.82) is 0 Å². The van der Waals surface area contributed by atoms with E-state index in [9.17, 15) is 19.5 Å². The summed E-state index contributed by atoms with van der Waals surface area (Å²) in [5, 5.41) is 14.1. The van der Waals surface area contributed by atoms with Gasteiger partial charge in [0.15, 0.2) is 5.60 Å². The Labute approximate surface area is 178 Å². The van der Waals surface area contributed by atoms with E-state index in [1.54, 1.807) is 72.8 Å². The van der Waals surface area contributed by atoms with Gasteiger partial charge in [-0.1, -0.05) is 60.7 Å². The molecule has 0 saturated carbocycles. The lowest BCUT2D eigenvalue weighted by atomic mass is 9.88. The lowest BCUT2D eigenvalue weighted by molar-refractivity contribution is -0.133. The number of aliphatic hydroxyl groups is 1. The third-order valence-electron chi connectivity index (χ3n) is 5.24. The minimum Gasteiger partial charge on any atom is -0.465 e. The number of esters is 1. The average Bonchev–Trinajstić information content (AvgIpc) is 3.02. The molecule has 156 valence electrons. The minimum atomic E-state index is -1.89. The topological polar surface area (TPSA) is 95.9 Å². The predicted octanol–water partition coefficient (Wildman–Crippen LogP) is 2.69. The summed E-state index contributed by atoms with van der Waals surface area (Å²) in [5.41, 5.74) is -0.122. The van der Waals surface area contributed by atoms with E-state index in [0.29, 0.717) is 16.8 Å². The van der Waals surface area contributed by atoms with Crippen LogP contribution in [0.3, 0.4) is 0 Å². The molecular weight excluding hydrogens is 396 g/mol. The number of fused-ring (bicyclic) bond motifs is 1. The molecule has 0 unspecified atom stereocenters. The van der Waals surface area contributed by atoms with Gasteiger partial charge in [0.05, 0.1) is 24.0 Å². The predicted molar refractivity (Wildman–Crippen MR) is 115 cm³/mol. The standard InChI is InChI=1S/C24H20N2O5/c1-31-22(28)17-11-5-7-13-19(17)25-21(27)15-26-20-14-8-6-12-18(20)24(30,23(26)29)16-9-3-2-4-10-16/h2-14,30H,15H2,1H3,(H,25,27)/t24-/m1/s1. The van der Waals surface area contributed by atoms with E-state index in [1.807, 2.05) is 0 Å². The van der Waals surface area contributed by atoms with Crippen molar-refractivity contribution in [3.05, 3.63) is 95.6 Å². The Morgan fingerprint density at radius 2 is 1.61 bits per heavy atom. The molecule has 2 N–H and O–H groups in total. The number of anilines is 2. The second kappa shape index (κ2) is 8.04. The number of para-hydroxylation sites is 2. The molecule has 1 heterocycles. The SMILES string of the molecule is COC(=O)c1ccccc1NC(=O)CN1C(=O)[C@@](O)(c2ccccc2)c2ccccc21. The first-order chi connectivity index (χ1) is 15.0. The second-order valence-electron chi connectivity index (χ2n) is 7.07.